The Bertz CT molecular complexity index is 324. The van der Waals surface area contributed by atoms with Crippen LogP contribution in [0.3, 0.4) is 0 Å². The maximum absolute atomic E-state index is 11.2. The van der Waals surface area contributed by atoms with E-state index in [0.29, 0.717) is 18.0 Å². The number of hydrogen-bond acceptors (Lipinski definition) is 6. The second-order valence-corrected chi connectivity index (χ2v) is 3.76. The molecule has 1 rings (SSSR count). The number of nitrogens with zero attached hydrogens (tertiary/aromatic N) is 1. The highest BCUT2D eigenvalue weighted by Gasteiger charge is 2.16. The van der Waals surface area contributed by atoms with Crippen molar-refractivity contribution in [3.05, 3.63) is 10.6 Å². The SMILES string of the molecule is COC(=O)c1nc(N)sc1CCCO. The van der Waals surface area contributed by atoms with Gasteiger partial charge < -0.3 is 15.6 Å². The number of carbonyl (C=O) groups excluding carboxylic acids is 1. The number of rotatable bonds is 4. The normalized spacial score (nSPS) is 10.1. The molecule has 0 saturated carbocycles. The Morgan fingerprint density at radius 2 is 2.43 bits per heavy atom. The van der Waals surface area contributed by atoms with Crippen molar-refractivity contribution in [1.29, 1.82) is 0 Å². The van der Waals surface area contributed by atoms with Gasteiger partial charge in [-0.3, -0.25) is 0 Å². The van der Waals surface area contributed by atoms with E-state index in [1.807, 2.05) is 0 Å². The molecule has 0 aliphatic rings. The molecule has 0 atom stereocenters. The van der Waals surface area contributed by atoms with Crippen LogP contribution in [-0.4, -0.2) is 29.8 Å². The molecule has 14 heavy (non-hydrogen) atoms. The molecule has 6 heteroatoms. The van der Waals surface area contributed by atoms with Crippen molar-refractivity contribution in [2.45, 2.75) is 12.8 Å². The highest BCUT2D eigenvalue weighted by Crippen LogP contribution is 2.22. The maximum Gasteiger partial charge on any atom is 0.357 e. The molecule has 0 aromatic carbocycles. The number of methoxy groups -OCH3 is 1. The minimum Gasteiger partial charge on any atom is -0.464 e. The third-order valence-electron chi connectivity index (χ3n) is 1.65. The van der Waals surface area contributed by atoms with Gasteiger partial charge in [0.05, 0.1) is 7.11 Å². The van der Waals surface area contributed by atoms with Crippen molar-refractivity contribution >= 4 is 22.4 Å². The van der Waals surface area contributed by atoms with E-state index in [1.54, 1.807) is 0 Å². The summed E-state index contributed by atoms with van der Waals surface area (Å²) >= 11 is 1.25. The number of hydrogen-bond donors (Lipinski definition) is 2. The summed E-state index contributed by atoms with van der Waals surface area (Å²) in [5, 5.41) is 9.00. The van der Waals surface area contributed by atoms with Gasteiger partial charge in [-0.15, -0.1) is 11.3 Å². The van der Waals surface area contributed by atoms with Gasteiger partial charge in [0, 0.05) is 11.5 Å². The monoisotopic (exact) mass is 216 g/mol. The first kappa shape index (κ1) is 10.9. The maximum atomic E-state index is 11.2. The van der Waals surface area contributed by atoms with Gasteiger partial charge in [0.2, 0.25) is 0 Å². The van der Waals surface area contributed by atoms with Crippen LogP contribution in [0.2, 0.25) is 0 Å². The predicted molar refractivity (Wildman–Crippen MR) is 53.3 cm³/mol. The Hall–Kier alpha value is -1.14. The lowest BCUT2D eigenvalue weighted by Gasteiger charge is -1.98. The molecule has 3 N–H and O–H groups in total. The van der Waals surface area contributed by atoms with Crippen LogP contribution < -0.4 is 5.73 Å². The zero-order valence-corrected chi connectivity index (χ0v) is 8.63. The van der Waals surface area contributed by atoms with Crippen molar-refractivity contribution in [3.8, 4) is 0 Å². The van der Waals surface area contributed by atoms with Crippen molar-refractivity contribution in [3.63, 3.8) is 0 Å². The zero-order valence-electron chi connectivity index (χ0n) is 7.82. The Morgan fingerprint density at radius 3 is 3.00 bits per heavy atom. The third kappa shape index (κ3) is 2.43. The number of aliphatic hydroxyl groups excluding tert-OH is 1. The largest absolute Gasteiger partial charge is 0.464 e. The smallest absolute Gasteiger partial charge is 0.357 e. The van der Waals surface area contributed by atoms with E-state index in [0.717, 1.165) is 4.88 Å². The first-order valence-corrected chi connectivity index (χ1v) is 4.95. The average Bonchev–Trinajstić information content (AvgIpc) is 2.55. The highest BCUT2D eigenvalue weighted by atomic mass is 32.1. The summed E-state index contributed by atoms with van der Waals surface area (Å²) < 4.78 is 4.56. The number of thiazole rings is 1. The van der Waals surface area contributed by atoms with E-state index in [2.05, 4.69) is 9.72 Å². The summed E-state index contributed by atoms with van der Waals surface area (Å²) in [5.41, 5.74) is 5.75. The van der Waals surface area contributed by atoms with Gasteiger partial charge in [-0.25, -0.2) is 9.78 Å². The zero-order chi connectivity index (χ0) is 10.6. The minimum atomic E-state index is -0.481. The van der Waals surface area contributed by atoms with Crippen LogP contribution in [0.5, 0.6) is 0 Å². The molecule has 0 spiro atoms. The van der Waals surface area contributed by atoms with E-state index >= 15 is 0 Å². The van der Waals surface area contributed by atoms with Crippen molar-refractivity contribution in [2.75, 3.05) is 19.5 Å². The number of carbonyl (C=O) groups is 1. The second kappa shape index (κ2) is 4.92. The fourth-order valence-electron chi connectivity index (χ4n) is 1.04. The fourth-order valence-corrected chi connectivity index (χ4v) is 1.90. The Kier molecular flexibility index (Phi) is 3.84. The molecule has 0 amide bonds. The molecule has 0 aliphatic carbocycles. The summed E-state index contributed by atoms with van der Waals surface area (Å²) in [4.78, 5) is 15.9. The van der Waals surface area contributed by atoms with Crippen LogP contribution >= 0.6 is 11.3 Å². The van der Waals surface area contributed by atoms with Crippen LogP contribution in [0.1, 0.15) is 21.8 Å². The molecular weight excluding hydrogens is 204 g/mol. The summed E-state index contributed by atoms with van der Waals surface area (Å²) in [7, 11) is 1.30. The lowest BCUT2D eigenvalue weighted by atomic mass is 10.2. The van der Waals surface area contributed by atoms with E-state index in [-0.39, 0.29) is 12.3 Å². The molecule has 0 unspecified atom stereocenters. The van der Waals surface area contributed by atoms with E-state index in [4.69, 9.17) is 10.8 Å². The molecular formula is C8H12N2O3S. The molecule has 1 aromatic heterocycles. The number of aliphatic hydroxyl groups is 1. The van der Waals surface area contributed by atoms with E-state index in [1.165, 1.54) is 18.4 Å². The van der Waals surface area contributed by atoms with Gasteiger partial charge >= 0.3 is 5.97 Å². The van der Waals surface area contributed by atoms with Crippen LogP contribution in [0.4, 0.5) is 5.13 Å². The average molecular weight is 216 g/mol. The Labute approximate surface area is 85.5 Å². The van der Waals surface area contributed by atoms with Crippen LogP contribution in [-0.2, 0) is 11.2 Å². The number of aromatic nitrogens is 1. The number of ether oxygens (including phenoxy) is 1. The molecule has 1 heterocycles. The van der Waals surface area contributed by atoms with Crippen LogP contribution in [0.25, 0.3) is 0 Å². The molecule has 78 valence electrons. The molecule has 0 aliphatic heterocycles. The molecule has 0 fully saturated rings. The van der Waals surface area contributed by atoms with Crippen molar-refractivity contribution in [2.24, 2.45) is 0 Å². The summed E-state index contributed by atoms with van der Waals surface area (Å²) in [6.45, 7) is 0.0818. The summed E-state index contributed by atoms with van der Waals surface area (Å²) in [6, 6.07) is 0. The summed E-state index contributed by atoms with van der Waals surface area (Å²) in [6.07, 6.45) is 1.18. The summed E-state index contributed by atoms with van der Waals surface area (Å²) in [5.74, 6) is -0.481. The predicted octanol–water partition coefficient (Wildman–Crippen LogP) is 0.437. The molecule has 5 nitrogen and oxygen atoms in total. The second-order valence-electron chi connectivity index (χ2n) is 2.64. The lowest BCUT2D eigenvalue weighted by molar-refractivity contribution is 0.0593. The van der Waals surface area contributed by atoms with E-state index in [9.17, 15) is 4.79 Å². The molecule has 0 saturated heterocycles. The number of nitrogens with two attached hydrogens (primary N) is 1. The molecule has 0 radical (unpaired) electrons. The molecule has 0 bridgehead atoms. The van der Waals surface area contributed by atoms with E-state index < -0.39 is 5.97 Å². The lowest BCUT2D eigenvalue weighted by Crippen LogP contribution is -2.05. The Morgan fingerprint density at radius 1 is 1.71 bits per heavy atom. The van der Waals surface area contributed by atoms with Gasteiger partial charge in [0.15, 0.2) is 10.8 Å². The highest BCUT2D eigenvalue weighted by molar-refractivity contribution is 7.15. The molecule has 1 aromatic rings. The Balaban J connectivity index is 2.85. The number of esters is 1. The number of aryl methyl sites for hydroxylation is 1. The fraction of sp³-hybridized carbons (Fsp3) is 0.500. The minimum absolute atomic E-state index is 0.0818. The van der Waals surface area contributed by atoms with Gasteiger partial charge in [-0.1, -0.05) is 0 Å². The van der Waals surface area contributed by atoms with Gasteiger partial charge in [0.25, 0.3) is 0 Å². The van der Waals surface area contributed by atoms with Gasteiger partial charge in [-0.2, -0.15) is 0 Å². The van der Waals surface area contributed by atoms with Crippen LogP contribution in [0, 0.1) is 0 Å². The number of nitrogen functional groups attached to an aromatic ring is 1. The number of anilines is 1. The van der Waals surface area contributed by atoms with Gasteiger partial charge in [0.1, 0.15) is 0 Å². The quantitative estimate of drug-likeness (QED) is 0.713. The first-order valence-electron chi connectivity index (χ1n) is 4.13. The third-order valence-corrected chi connectivity index (χ3v) is 2.60. The van der Waals surface area contributed by atoms with Crippen molar-refractivity contribution in [1.82, 2.24) is 4.98 Å². The first-order chi connectivity index (χ1) is 6.69. The topological polar surface area (TPSA) is 85.4 Å². The van der Waals surface area contributed by atoms with Crippen molar-refractivity contribution < 1.29 is 14.6 Å². The standard InChI is InChI=1S/C8H12N2O3S/c1-13-7(12)6-5(3-2-4-11)14-8(9)10-6/h11H,2-4H2,1H3,(H2,9,10). The van der Waals surface area contributed by atoms with Crippen LogP contribution in [0.15, 0.2) is 0 Å². The van der Waals surface area contributed by atoms with Gasteiger partial charge in [-0.05, 0) is 12.8 Å².